The van der Waals surface area contributed by atoms with Gasteiger partial charge in [-0.3, -0.25) is 4.79 Å². The van der Waals surface area contributed by atoms with Crippen LogP contribution in [0.5, 0.6) is 0 Å². The van der Waals surface area contributed by atoms with Crippen LogP contribution >= 0.6 is 11.3 Å². The van der Waals surface area contributed by atoms with Crippen LogP contribution in [0.25, 0.3) is 23.1 Å². The number of pyridine rings is 1. The summed E-state index contributed by atoms with van der Waals surface area (Å²) in [5, 5.41) is 1.23. The number of aromatic nitrogens is 1. The fourth-order valence-corrected chi connectivity index (χ4v) is 2.94. The molecule has 0 N–H and O–H groups in total. The molecule has 3 rings (SSSR count). The summed E-state index contributed by atoms with van der Waals surface area (Å²) in [6.45, 7) is 0. The van der Waals surface area contributed by atoms with Gasteiger partial charge in [0.05, 0.1) is 4.88 Å². The summed E-state index contributed by atoms with van der Waals surface area (Å²) in [6, 6.07) is 16.4. The van der Waals surface area contributed by atoms with Gasteiger partial charge >= 0.3 is 0 Å². The highest BCUT2D eigenvalue weighted by Gasteiger charge is 2.08. The van der Waals surface area contributed by atoms with E-state index in [1.165, 1.54) is 22.2 Å². The first kappa shape index (κ1) is 12.8. The van der Waals surface area contributed by atoms with Gasteiger partial charge in [-0.15, -0.1) is 11.3 Å². The number of aryl methyl sites for hydroxylation is 1. The van der Waals surface area contributed by atoms with Gasteiger partial charge in [0.2, 0.25) is 11.2 Å². The van der Waals surface area contributed by atoms with E-state index in [2.05, 4.69) is 42.0 Å². The predicted octanol–water partition coefficient (Wildman–Crippen LogP) is 3.71. The molecule has 0 amide bonds. The van der Waals surface area contributed by atoms with E-state index in [1.54, 1.807) is 0 Å². The number of benzene rings is 1. The molecule has 98 valence electrons. The Morgan fingerprint density at radius 1 is 0.950 bits per heavy atom. The van der Waals surface area contributed by atoms with Crippen molar-refractivity contribution in [2.24, 2.45) is 7.05 Å². The molecule has 0 radical (unpaired) electrons. The minimum Gasteiger partial charge on any atom is -0.297 e. The Balaban J connectivity index is 1.98. The third-order valence-corrected chi connectivity index (χ3v) is 4.28. The molecule has 2 aromatic heterocycles. The molecule has 0 atom stereocenters. The van der Waals surface area contributed by atoms with E-state index in [1.807, 2.05) is 30.3 Å². The van der Waals surface area contributed by atoms with Crippen LogP contribution in [-0.4, -0.2) is 6.29 Å². The molecule has 2 heterocycles. The van der Waals surface area contributed by atoms with E-state index < -0.39 is 0 Å². The van der Waals surface area contributed by atoms with Gasteiger partial charge in [0.15, 0.2) is 6.29 Å². The largest absolute Gasteiger partial charge is 0.297 e. The predicted molar refractivity (Wildman–Crippen MR) is 83.8 cm³/mol. The van der Waals surface area contributed by atoms with Gasteiger partial charge in [-0.1, -0.05) is 12.1 Å². The summed E-state index contributed by atoms with van der Waals surface area (Å²) in [4.78, 5) is 12.5. The van der Waals surface area contributed by atoms with Crippen LogP contribution in [0.15, 0.2) is 48.5 Å². The number of rotatable bonds is 3. The van der Waals surface area contributed by atoms with Crippen LogP contribution in [0.2, 0.25) is 0 Å². The molecule has 3 aromatic rings. The summed E-state index contributed by atoms with van der Waals surface area (Å²) >= 11 is 1.50. The SMILES string of the molecule is C[n+]1c(/C=C/c2ccc(C=O)s2)ccc2ccccc21. The van der Waals surface area contributed by atoms with Crippen LogP contribution in [0.3, 0.4) is 0 Å². The molecule has 2 nitrogen and oxygen atoms in total. The quantitative estimate of drug-likeness (QED) is 0.529. The summed E-state index contributed by atoms with van der Waals surface area (Å²) in [5.41, 5.74) is 2.33. The first-order chi connectivity index (χ1) is 9.78. The molecule has 1 aromatic carbocycles. The molecule has 20 heavy (non-hydrogen) atoms. The van der Waals surface area contributed by atoms with Crippen molar-refractivity contribution >= 4 is 40.7 Å². The average Bonchev–Trinajstić information content (AvgIpc) is 2.95. The number of carbonyl (C=O) groups excluding carboxylic acids is 1. The number of fused-ring (bicyclic) bond motifs is 1. The number of hydrogen-bond acceptors (Lipinski definition) is 2. The van der Waals surface area contributed by atoms with Crippen LogP contribution in [0, 0.1) is 0 Å². The van der Waals surface area contributed by atoms with Crippen molar-refractivity contribution in [3.05, 3.63) is 64.0 Å². The fourth-order valence-electron chi connectivity index (χ4n) is 2.22. The molecule has 0 bridgehead atoms. The molecular weight excluding hydrogens is 266 g/mol. The lowest BCUT2D eigenvalue weighted by atomic mass is 10.2. The number of para-hydroxylation sites is 1. The van der Waals surface area contributed by atoms with Crippen LogP contribution in [-0.2, 0) is 7.05 Å². The standard InChI is InChI=1S/C17H14NOS/c1-18-14(7-6-13-4-2-3-5-17(13)18)8-9-15-10-11-16(12-19)20-15/h2-12H,1H3/q+1/b9-8+. The lowest BCUT2D eigenvalue weighted by Crippen LogP contribution is -2.32. The third kappa shape index (κ3) is 2.40. The second kappa shape index (κ2) is 5.39. The second-order valence-corrected chi connectivity index (χ2v) is 5.71. The molecule has 0 saturated carbocycles. The van der Waals surface area contributed by atoms with Gasteiger partial charge in [0, 0.05) is 28.5 Å². The van der Waals surface area contributed by atoms with Crippen molar-refractivity contribution in [1.29, 1.82) is 0 Å². The first-order valence-corrected chi connectivity index (χ1v) is 7.20. The highest BCUT2D eigenvalue weighted by molar-refractivity contribution is 7.14. The Morgan fingerprint density at radius 2 is 1.75 bits per heavy atom. The maximum absolute atomic E-state index is 10.7. The Labute approximate surface area is 121 Å². The maximum atomic E-state index is 10.7. The molecule has 0 unspecified atom stereocenters. The smallest absolute Gasteiger partial charge is 0.212 e. The van der Waals surface area contributed by atoms with Gasteiger partial charge < -0.3 is 0 Å². The summed E-state index contributed by atoms with van der Waals surface area (Å²) in [7, 11) is 2.06. The Hall–Kier alpha value is -2.26. The van der Waals surface area contributed by atoms with Crippen LogP contribution < -0.4 is 4.57 Å². The number of nitrogens with zero attached hydrogens (tertiary/aromatic N) is 1. The van der Waals surface area contributed by atoms with E-state index in [0.29, 0.717) is 0 Å². The highest BCUT2D eigenvalue weighted by atomic mass is 32.1. The van der Waals surface area contributed by atoms with Gasteiger partial charge in [-0.2, -0.15) is 4.57 Å². The van der Waals surface area contributed by atoms with Gasteiger partial charge in [-0.25, -0.2) is 0 Å². The zero-order valence-electron chi connectivity index (χ0n) is 11.1. The van der Waals surface area contributed by atoms with Gasteiger partial charge in [-0.05, 0) is 30.3 Å². The van der Waals surface area contributed by atoms with Gasteiger partial charge in [0.25, 0.3) is 0 Å². The van der Waals surface area contributed by atoms with Crippen LogP contribution in [0.1, 0.15) is 20.2 Å². The first-order valence-electron chi connectivity index (χ1n) is 6.39. The Kier molecular flexibility index (Phi) is 3.44. The molecule has 3 heteroatoms. The molecule has 0 aliphatic rings. The lowest BCUT2D eigenvalue weighted by molar-refractivity contribution is -0.646. The van der Waals surface area contributed by atoms with E-state index in [-0.39, 0.29) is 0 Å². The zero-order valence-corrected chi connectivity index (χ0v) is 11.9. The number of aldehydes is 1. The van der Waals surface area contributed by atoms with Crippen molar-refractivity contribution in [3.63, 3.8) is 0 Å². The van der Waals surface area contributed by atoms with Gasteiger partial charge in [0.1, 0.15) is 7.05 Å². The van der Waals surface area contributed by atoms with E-state index >= 15 is 0 Å². The molecular formula is C17H14NOS+. The van der Waals surface area contributed by atoms with E-state index in [0.717, 1.165) is 21.7 Å². The van der Waals surface area contributed by atoms with Crippen molar-refractivity contribution < 1.29 is 9.36 Å². The second-order valence-electron chi connectivity index (χ2n) is 4.57. The lowest BCUT2D eigenvalue weighted by Gasteiger charge is -1.99. The topological polar surface area (TPSA) is 20.9 Å². The normalized spacial score (nSPS) is 11.2. The summed E-state index contributed by atoms with van der Waals surface area (Å²) < 4.78 is 2.17. The average molecular weight is 280 g/mol. The van der Waals surface area contributed by atoms with E-state index in [9.17, 15) is 4.79 Å². The number of thiophene rings is 1. The highest BCUT2D eigenvalue weighted by Crippen LogP contribution is 2.17. The molecule has 0 aliphatic heterocycles. The number of hydrogen-bond donors (Lipinski definition) is 0. The molecule has 0 aliphatic carbocycles. The van der Waals surface area contributed by atoms with Crippen molar-refractivity contribution in [3.8, 4) is 0 Å². The van der Waals surface area contributed by atoms with E-state index in [4.69, 9.17) is 0 Å². The molecule has 0 spiro atoms. The third-order valence-electron chi connectivity index (χ3n) is 3.30. The number of carbonyl (C=O) groups is 1. The maximum Gasteiger partial charge on any atom is 0.212 e. The minimum atomic E-state index is 0.757. The fraction of sp³-hybridized carbons (Fsp3) is 0.0588. The Morgan fingerprint density at radius 3 is 2.55 bits per heavy atom. The van der Waals surface area contributed by atoms with Crippen molar-refractivity contribution in [1.82, 2.24) is 0 Å². The minimum absolute atomic E-state index is 0.757. The molecule has 0 fully saturated rings. The summed E-state index contributed by atoms with van der Waals surface area (Å²) in [6.07, 6.45) is 5.01. The monoisotopic (exact) mass is 280 g/mol. The van der Waals surface area contributed by atoms with Crippen LogP contribution in [0.4, 0.5) is 0 Å². The Bertz CT molecular complexity index is 802. The zero-order chi connectivity index (χ0) is 13.9. The van der Waals surface area contributed by atoms with Crippen molar-refractivity contribution in [2.75, 3.05) is 0 Å². The molecule has 0 saturated heterocycles. The summed E-state index contributed by atoms with van der Waals surface area (Å²) in [5.74, 6) is 0. The van der Waals surface area contributed by atoms with Crippen molar-refractivity contribution in [2.45, 2.75) is 0 Å².